The topological polar surface area (TPSA) is 29.3 Å². The molecule has 2 unspecified atom stereocenters. The molecule has 0 amide bonds. The number of hydrogen-bond acceptors (Lipinski definition) is 2. The summed E-state index contributed by atoms with van der Waals surface area (Å²) in [6, 6.07) is 1.41. The maximum absolute atomic E-state index is 5.85. The van der Waals surface area contributed by atoms with Gasteiger partial charge in [-0.25, -0.2) is 0 Å². The van der Waals surface area contributed by atoms with Crippen molar-refractivity contribution in [2.24, 2.45) is 11.1 Å². The van der Waals surface area contributed by atoms with E-state index in [4.69, 9.17) is 5.73 Å². The molecule has 0 aromatic rings. The average molecular weight is 196 g/mol. The van der Waals surface area contributed by atoms with E-state index in [0.29, 0.717) is 11.5 Å². The zero-order valence-electron chi connectivity index (χ0n) is 9.63. The molecule has 1 heterocycles. The third kappa shape index (κ3) is 1.82. The summed E-state index contributed by atoms with van der Waals surface area (Å²) in [5.41, 5.74) is 6.47. The van der Waals surface area contributed by atoms with Crippen LogP contribution in [-0.2, 0) is 0 Å². The molecule has 0 bridgehead atoms. The second-order valence-electron chi connectivity index (χ2n) is 5.45. The van der Waals surface area contributed by atoms with E-state index in [1.54, 1.807) is 0 Å². The first kappa shape index (κ1) is 10.4. The third-order valence-corrected chi connectivity index (χ3v) is 4.49. The van der Waals surface area contributed by atoms with E-state index >= 15 is 0 Å². The van der Waals surface area contributed by atoms with Crippen LogP contribution in [0.5, 0.6) is 0 Å². The van der Waals surface area contributed by atoms with Gasteiger partial charge in [0.1, 0.15) is 0 Å². The molecule has 2 rings (SSSR count). The highest BCUT2D eigenvalue weighted by molar-refractivity contribution is 4.99. The number of hydrogen-bond donors (Lipinski definition) is 1. The van der Waals surface area contributed by atoms with Crippen LogP contribution < -0.4 is 5.73 Å². The summed E-state index contributed by atoms with van der Waals surface area (Å²) in [6.45, 7) is 6.96. The SMILES string of the molecule is CC(N1CCCCC1CN)C1(C)CC1. The van der Waals surface area contributed by atoms with E-state index in [1.165, 1.54) is 38.6 Å². The molecule has 0 radical (unpaired) electrons. The van der Waals surface area contributed by atoms with Gasteiger partial charge in [0.2, 0.25) is 0 Å². The van der Waals surface area contributed by atoms with Crippen LogP contribution in [0, 0.1) is 5.41 Å². The van der Waals surface area contributed by atoms with Crippen molar-refractivity contribution >= 4 is 0 Å². The van der Waals surface area contributed by atoms with Gasteiger partial charge in [0, 0.05) is 18.6 Å². The molecule has 1 aliphatic carbocycles. The molecule has 2 heteroatoms. The Morgan fingerprint density at radius 2 is 2.14 bits per heavy atom. The number of nitrogens with zero attached hydrogens (tertiary/aromatic N) is 1. The minimum atomic E-state index is 0.616. The Hall–Kier alpha value is -0.0800. The van der Waals surface area contributed by atoms with Gasteiger partial charge in [0.05, 0.1) is 0 Å². The Morgan fingerprint density at radius 1 is 1.43 bits per heavy atom. The van der Waals surface area contributed by atoms with Crippen molar-refractivity contribution in [1.82, 2.24) is 4.90 Å². The lowest BCUT2D eigenvalue weighted by atomic mass is 9.93. The van der Waals surface area contributed by atoms with Gasteiger partial charge in [0.25, 0.3) is 0 Å². The summed E-state index contributed by atoms with van der Waals surface area (Å²) in [6.07, 6.45) is 6.90. The molecule has 82 valence electrons. The van der Waals surface area contributed by atoms with Crippen LogP contribution in [-0.4, -0.2) is 30.1 Å². The second-order valence-corrected chi connectivity index (χ2v) is 5.45. The van der Waals surface area contributed by atoms with E-state index in [1.807, 2.05) is 0 Å². The maximum Gasteiger partial charge on any atom is 0.0221 e. The van der Waals surface area contributed by atoms with Crippen LogP contribution in [0.25, 0.3) is 0 Å². The van der Waals surface area contributed by atoms with Crippen molar-refractivity contribution in [3.8, 4) is 0 Å². The molecule has 2 fully saturated rings. The Labute approximate surface area is 87.8 Å². The Bertz CT molecular complexity index is 198. The summed E-state index contributed by atoms with van der Waals surface area (Å²) in [4.78, 5) is 2.68. The molecule has 14 heavy (non-hydrogen) atoms. The first-order valence-electron chi connectivity index (χ1n) is 6.13. The lowest BCUT2D eigenvalue weighted by Gasteiger charge is -2.42. The number of likely N-dealkylation sites (tertiary alicyclic amines) is 1. The lowest BCUT2D eigenvalue weighted by molar-refractivity contribution is 0.0711. The smallest absolute Gasteiger partial charge is 0.0221 e. The van der Waals surface area contributed by atoms with E-state index < -0.39 is 0 Å². The van der Waals surface area contributed by atoms with Crippen LogP contribution >= 0.6 is 0 Å². The first-order chi connectivity index (χ1) is 6.67. The van der Waals surface area contributed by atoms with Crippen molar-refractivity contribution in [2.75, 3.05) is 13.1 Å². The van der Waals surface area contributed by atoms with Gasteiger partial charge in [-0.05, 0) is 44.6 Å². The van der Waals surface area contributed by atoms with Gasteiger partial charge in [-0.3, -0.25) is 4.90 Å². The zero-order valence-corrected chi connectivity index (χ0v) is 9.63. The quantitative estimate of drug-likeness (QED) is 0.748. The fourth-order valence-electron chi connectivity index (χ4n) is 2.80. The van der Waals surface area contributed by atoms with Gasteiger partial charge in [0.15, 0.2) is 0 Å². The summed E-state index contributed by atoms with van der Waals surface area (Å²) in [5.74, 6) is 0. The number of rotatable bonds is 3. The van der Waals surface area contributed by atoms with Gasteiger partial charge < -0.3 is 5.73 Å². The molecule has 1 saturated heterocycles. The molecular weight excluding hydrogens is 172 g/mol. The number of nitrogens with two attached hydrogens (primary N) is 1. The van der Waals surface area contributed by atoms with Gasteiger partial charge in [-0.1, -0.05) is 13.3 Å². The van der Waals surface area contributed by atoms with Crippen molar-refractivity contribution in [2.45, 2.75) is 58.0 Å². The minimum Gasteiger partial charge on any atom is -0.329 e. The van der Waals surface area contributed by atoms with E-state index in [-0.39, 0.29) is 0 Å². The summed E-state index contributed by atoms with van der Waals surface area (Å²) in [5, 5.41) is 0. The highest BCUT2D eigenvalue weighted by Crippen LogP contribution is 2.50. The van der Waals surface area contributed by atoms with Crippen LogP contribution in [0.2, 0.25) is 0 Å². The van der Waals surface area contributed by atoms with E-state index in [0.717, 1.165) is 12.6 Å². The molecule has 0 spiro atoms. The van der Waals surface area contributed by atoms with Crippen LogP contribution in [0.4, 0.5) is 0 Å². The van der Waals surface area contributed by atoms with E-state index in [2.05, 4.69) is 18.7 Å². The standard InChI is InChI=1S/C12H24N2/c1-10(12(2)6-7-12)14-8-4-3-5-11(14)9-13/h10-11H,3-9,13H2,1-2H3. The van der Waals surface area contributed by atoms with Gasteiger partial charge in [-0.15, -0.1) is 0 Å². The Balaban J connectivity index is 1.99. The van der Waals surface area contributed by atoms with Crippen LogP contribution in [0.1, 0.15) is 46.0 Å². The first-order valence-corrected chi connectivity index (χ1v) is 6.13. The summed E-state index contributed by atoms with van der Waals surface area (Å²) >= 11 is 0. The molecule has 1 aliphatic heterocycles. The number of piperidine rings is 1. The molecule has 2 atom stereocenters. The van der Waals surface area contributed by atoms with Gasteiger partial charge in [-0.2, -0.15) is 0 Å². The fourth-order valence-corrected chi connectivity index (χ4v) is 2.80. The largest absolute Gasteiger partial charge is 0.329 e. The molecule has 0 aromatic heterocycles. The normalized spacial score (nSPS) is 34.1. The van der Waals surface area contributed by atoms with Crippen molar-refractivity contribution in [3.63, 3.8) is 0 Å². The zero-order chi connectivity index (χ0) is 10.2. The fraction of sp³-hybridized carbons (Fsp3) is 1.00. The second kappa shape index (κ2) is 3.82. The predicted molar refractivity (Wildman–Crippen MR) is 60.2 cm³/mol. The average Bonchev–Trinajstić information content (AvgIpc) is 2.97. The molecule has 0 aromatic carbocycles. The highest BCUT2D eigenvalue weighted by atomic mass is 15.2. The molecular formula is C12H24N2. The molecule has 2 N–H and O–H groups in total. The molecule has 2 nitrogen and oxygen atoms in total. The molecule has 2 aliphatic rings. The summed E-state index contributed by atoms with van der Waals surface area (Å²) in [7, 11) is 0. The Morgan fingerprint density at radius 3 is 2.71 bits per heavy atom. The van der Waals surface area contributed by atoms with Crippen molar-refractivity contribution in [1.29, 1.82) is 0 Å². The van der Waals surface area contributed by atoms with Crippen molar-refractivity contribution in [3.05, 3.63) is 0 Å². The monoisotopic (exact) mass is 196 g/mol. The van der Waals surface area contributed by atoms with Crippen LogP contribution in [0.3, 0.4) is 0 Å². The van der Waals surface area contributed by atoms with E-state index in [9.17, 15) is 0 Å². The third-order valence-electron chi connectivity index (χ3n) is 4.49. The Kier molecular flexibility index (Phi) is 2.85. The maximum atomic E-state index is 5.85. The minimum absolute atomic E-state index is 0.616. The van der Waals surface area contributed by atoms with Crippen LogP contribution in [0.15, 0.2) is 0 Å². The van der Waals surface area contributed by atoms with Crippen molar-refractivity contribution < 1.29 is 0 Å². The molecule has 1 saturated carbocycles. The predicted octanol–water partition coefficient (Wildman–Crippen LogP) is 1.99. The lowest BCUT2D eigenvalue weighted by Crippen LogP contribution is -2.51. The highest BCUT2D eigenvalue weighted by Gasteiger charge is 2.46. The van der Waals surface area contributed by atoms with Gasteiger partial charge >= 0.3 is 0 Å². The summed E-state index contributed by atoms with van der Waals surface area (Å²) < 4.78 is 0.